The predicted molar refractivity (Wildman–Crippen MR) is 55.7 cm³/mol. The van der Waals surface area contributed by atoms with Gasteiger partial charge in [0, 0.05) is 12.2 Å². The van der Waals surface area contributed by atoms with Gasteiger partial charge >= 0.3 is 5.97 Å². The summed E-state index contributed by atoms with van der Waals surface area (Å²) < 4.78 is 4.83. The maximum Gasteiger partial charge on any atom is 0.325 e. The molecule has 0 aliphatic carbocycles. The minimum atomic E-state index is -0.322. The van der Waals surface area contributed by atoms with Crippen molar-refractivity contribution in [3.05, 3.63) is 11.3 Å². The summed E-state index contributed by atoms with van der Waals surface area (Å²) in [6.45, 7) is 2.90. The number of rotatable bonds is 3. The fourth-order valence-electron chi connectivity index (χ4n) is 1.70. The summed E-state index contributed by atoms with van der Waals surface area (Å²) >= 11 is 0. The molecule has 1 aliphatic rings. The summed E-state index contributed by atoms with van der Waals surface area (Å²) in [5.41, 5.74) is 0.764. The lowest BCUT2D eigenvalue weighted by molar-refractivity contribution is -0.143. The van der Waals surface area contributed by atoms with Crippen LogP contribution in [0.1, 0.15) is 19.8 Å². The Balaban J connectivity index is 2.75. The first-order valence-corrected chi connectivity index (χ1v) is 5.16. The van der Waals surface area contributed by atoms with Crippen LogP contribution in [0.5, 0.6) is 0 Å². The molecule has 1 heterocycles. The Kier molecular flexibility index (Phi) is 4.35. The van der Waals surface area contributed by atoms with E-state index >= 15 is 0 Å². The molecule has 5 nitrogen and oxygen atoms in total. The summed E-state index contributed by atoms with van der Waals surface area (Å²) in [5.74, 6) is -0.322. The van der Waals surface area contributed by atoms with Crippen molar-refractivity contribution in [2.75, 3.05) is 19.7 Å². The van der Waals surface area contributed by atoms with Gasteiger partial charge in [0.15, 0.2) is 0 Å². The Morgan fingerprint density at radius 3 is 2.75 bits per heavy atom. The summed E-state index contributed by atoms with van der Waals surface area (Å²) in [6.07, 6.45) is 1.54. The van der Waals surface area contributed by atoms with E-state index in [2.05, 4.69) is 0 Å². The molecule has 0 aromatic rings. The van der Waals surface area contributed by atoms with E-state index < -0.39 is 0 Å². The van der Waals surface area contributed by atoms with Gasteiger partial charge in [-0.05, 0) is 19.8 Å². The number of nitrogens with zero attached hydrogens (tertiary/aromatic N) is 3. The van der Waals surface area contributed by atoms with E-state index in [1.807, 2.05) is 12.1 Å². The van der Waals surface area contributed by atoms with E-state index in [9.17, 15) is 4.79 Å². The van der Waals surface area contributed by atoms with Gasteiger partial charge in [-0.25, -0.2) is 0 Å². The lowest BCUT2D eigenvalue weighted by Gasteiger charge is -2.18. The first kappa shape index (κ1) is 12.1. The van der Waals surface area contributed by atoms with Gasteiger partial charge in [0.2, 0.25) is 0 Å². The summed E-state index contributed by atoms with van der Waals surface area (Å²) in [6, 6.07) is 3.71. The first-order chi connectivity index (χ1) is 7.72. The van der Waals surface area contributed by atoms with Gasteiger partial charge in [-0.3, -0.25) is 4.79 Å². The molecule has 0 aromatic carbocycles. The summed E-state index contributed by atoms with van der Waals surface area (Å²) in [7, 11) is 0. The second kappa shape index (κ2) is 5.77. The van der Waals surface area contributed by atoms with Crippen LogP contribution in [0.15, 0.2) is 11.3 Å². The van der Waals surface area contributed by atoms with E-state index in [1.54, 1.807) is 11.8 Å². The van der Waals surface area contributed by atoms with E-state index in [0.29, 0.717) is 25.3 Å². The quantitative estimate of drug-likeness (QED) is 0.521. The van der Waals surface area contributed by atoms with Gasteiger partial charge in [-0.15, -0.1) is 0 Å². The van der Waals surface area contributed by atoms with E-state index in [4.69, 9.17) is 15.3 Å². The zero-order valence-electron chi connectivity index (χ0n) is 9.19. The molecule has 1 fully saturated rings. The fourth-order valence-corrected chi connectivity index (χ4v) is 1.70. The number of hydrogen-bond donors (Lipinski definition) is 0. The maximum atomic E-state index is 11.3. The number of carbonyl (C=O) groups is 1. The number of esters is 1. The smallest absolute Gasteiger partial charge is 0.325 e. The molecular weight excluding hydrogens is 206 g/mol. The zero-order valence-corrected chi connectivity index (χ0v) is 9.19. The van der Waals surface area contributed by atoms with Crippen molar-refractivity contribution in [2.45, 2.75) is 19.8 Å². The molecule has 16 heavy (non-hydrogen) atoms. The number of allylic oxidation sites excluding steroid dienone is 2. The molecule has 0 unspecified atom stereocenters. The molecule has 1 saturated heterocycles. The largest absolute Gasteiger partial charge is 0.465 e. The number of nitriles is 2. The molecule has 5 heteroatoms. The second-order valence-electron chi connectivity index (χ2n) is 3.38. The molecule has 0 bridgehead atoms. The third-order valence-electron chi connectivity index (χ3n) is 2.36. The van der Waals surface area contributed by atoms with Gasteiger partial charge in [-0.1, -0.05) is 0 Å². The van der Waals surface area contributed by atoms with Crippen molar-refractivity contribution in [1.29, 1.82) is 10.5 Å². The molecule has 0 spiro atoms. The Labute approximate surface area is 94.5 Å². The third kappa shape index (κ3) is 2.74. The van der Waals surface area contributed by atoms with Crippen LogP contribution in [0.4, 0.5) is 0 Å². The predicted octanol–water partition coefficient (Wildman–Crippen LogP) is 0.947. The van der Waals surface area contributed by atoms with Gasteiger partial charge in [-0.2, -0.15) is 10.5 Å². The molecule has 1 aliphatic heterocycles. The van der Waals surface area contributed by atoms with Gasteiger partial charge in [0.05, 0.1) is 6.61 Å². The highest BCUT2D eigenvalue weighted by molar-refractivity contribution is 5.72. The van der Waals surface area contributed by atoms with Crippen molar-refractivity contribution in [1.82, 2.24) is 4.90 Å². The maximum absolute atomic E-state index is 11.3. The third-order valence-corrected chi connectivity index (χ3v) is 2.36. The highest BCUT2D eigenvalue weighted by Crippen LogP contribution is 2.23. The number of carbonyl (C=O) groups excluding carboxylic acids is 1. The van der Waals surface area contributed by atoms with Gasteiger partial charge in [0.25, 0.3) is 0 Å². The minimum Gasteiger partial charge on any atom is -0.465 e. The Morgan fingerprint density at radius 2 is 2.19 bits per heavy atom. The molecule has 0 saturated carbocycles. The van der Waals surface area contributed by atoms with E-state index in [0.717, 1.165) is 6.42 Å². The van der Waals surface area contributed by atoms with Gasteiger partial charge in [0.1, 0.15) is 24.3 Å². The van der Waals surface area contributed by atoms with Crippen LogP contribution < -0.4 is 0 Å². The van der Waals surface area contributed by atoms with Crippen molar-refractivity contribution >= 4 is 5.97 Å². The van der Waals surface area contributed by atoms with Crippen LogP contribution in [0.2, 0.25) is 0 Å². The zero-order chi connectivity index (χ0) is 12.0. The van der Waals surface area contributed by atoms with Crippen molar-refractivity contribution < 1.29 is 9.53 Å². The number of hydrogen-bond acceptors (Lipinski definition) is 5. The molecular formula is C11H13N3O2. The van der Waals surface area contributed by atoms with Gasteiger partial charge < -0.3 is 9.64 Å². The molecule has 0 amide bonds. The van der Waals surface area contributed by atoms with Crippen molar-refractivity contribution in [3.8, 4) is 12.1 Å². The standard InChI is InChI=1S/C11H13N3O2/c1-2-16-11(15)8-14-5-3-4-10(14)9(6-12)7-13/h2-5,8H2,1H3. The average molecular weight is 219 g/mol. The molecule has 0 radical (unpaired) electrons. The average Bonchev–Trinajstić information content (AvgIpc) is 2.69. The van der Waals surface area contributed by atoms with Crippen LogP contribution in [0, 0.1) is 22.7 Å². The molecule has 84 valence electrons. The summed E-state index contributed by atoms with van der Waals surface area (Å²) in [4.78, 5) is 13.0. The fraction of sp³-hybridized carbons (Fsp3) is 0.545. The van der Waals surface area contributed by atoms with E-state index in [-0.39, 0.29) is 18.1 Å². The SMILES string of the molecule is CCOC(=O)CN1CCCC1=C(C#N)C#N. The minimum absolute atomic E-state index is 0.0989. The Hall–Kier alpha value is -2.01. The van der Waals surface area contributed by atoms with Crippen LogP contribution >= 0.6 is 0 Å². The van der Waals surface area contributed by atoms with Crippen LogP contribution in [-0.4, -0.2) is 30.6 Å². The Morgan fingerprint density at radius 1 is 1.50 bits per heavy atom. The van der Waals surface area contributed by atoms with Crippen molar-refractivity contribution in [2.24, 2.45) is 0 Å². The highest BCUT2D eigenvalue weighted by atomic mass is 16.5. The lowest BCUT2D eigenvalue weighted by atomic mass is 10.2. The molecule has 0 atom stereocenters. The summed E-state index contributed by atoms with van der Waals surface area (Å²) in [5, 5.41) is 17.5. The van der Waals surface area contributed by atoms with Crippen LogP contribution in [-0.2, 0) is 9.53 Å². The van der Waals surface area contributed by atoms with E-state index in [1.165, 1.54) is 0 Å². The Bertz CT molecular complexity index is 371. The first-order valence-electron chi connectivity index (χ1n) is 5.16. The lowest BCUT2D eigenvalue weighted by Crippen LogP contribution is -2.27. The topological polar surface area (TPSA) is 77.1 Å². The molecule has 0 aromatic heterocycles. The number of likely N-dealkylation sites (tertiary alicyclic amines) is 1. The number of ether oxygens (including phenoxy) is 1. The van der Waals surface area contributed by atoms with Crippen LogP contribution in [0.25, 0.3) is 0 Å². The molecule has 0 N–H and O–H groups in total. The molecule has 1 rings (SSSR count). The van der Waals surface area contributed by atoms with Crippen LogP contribution in [0.3, 0.4) is 0 Å². The van der Waals surface area contributed by atoms with Crippen molar-refractivity contribution in [3.63, 3.8) is 0 Å². The monoisotopic (exact) mass is 219 g/mol. The second-order valence-corrected chi connectivity index (χ2v) is 3.38. The normalized spacial score (nSPS) is 14.2. The highest BCUT2D eigenvalue weighted by Gasteiger charge is 2.23.